The minimum atomic E-state index is 0.249. The number of nitrogen functional groups attached to an aromatic ring is 1. The Bertz CT molecular complexity index is 312. The largest absolute Gasteiger partial charge is 0.398 e. The molecule has 0 aliphatic rings. The lowest BCUT2D eigenvalue weighted by Crippen LogP contribution is -2.13. The van der Waals surface area contributed by atoms with Crippen molar-refractivity contribution in [2.75, 3.05) is 24.2 Å². The number of aliphatic hydroxyl groups is 1. The minimum Gasteiger partial charge on any atom is -0.398 e. The van der Waals surface area contributed by atoms with Crippen molar-refractivity contribution in [3.63, 3.8) is 0 Å². The molecular weight excluding hydrogens is 188 g/mol. The fourth-order valence-corrected chi connectivity index (χ4v) is 1.45. The highest BCUT2D eigenvalue weighted by Crippen LogP contribution is 2.20. The Morgan fingerprint density at radius 1 is 1.47 bits per heavy atom. The number of nitrogens with one attached hydrogen (secondary N) is 1. The maximum absolute atomic E-state index is 8.78. The first-order valence-electron chi connectivity index (χ1n) is 5.35. The molecule has 0 aliphatic carbocycles. The van der Waals surface area contributed by atoms with Gasteiger partial charge in [-0.15, -0.1) is 0 Å². The van der Waals surface area contributed by atoms with Crippen molar-refractivity contribution in [1.29, 1.82) is 0 Å². The molecular formula is C12H20N2O. The molecule has 0 radical (unpaired) electrons. The second-order valence-electron chi connectivity index (χ2n) is 4.02. The van der Waals surface area contributed by atoms with Crippen LogP contribution < -0.4 is 11.1 Å². The van der Waals surface area contributed by atoms with Gasteiger partial charge in [-0.2, -0.15) is 0 Å². The predicted octanol–water partition coefficient (Wildman–Crippen LogP) is 2.01. The number of aliphatic hydroxyl groups excluding tert-OH is 1. The van der Waals surface area contributed by atoms with Gasteiger partial charge in [0.2, 0.25) is 0 Å². The third-order valence-electron chi connectivity index (χ3n) is 2.64. The molecule has 0 bridgehead atoms. The highest BCUT2D eigenvalue weighted by Gasteiger charge is 2.03. The van der Waals surface area contributed by atoms with Gasteiger partial charge >= 0.3 is 0 Å². The molecule has 3 heteroatoms. The summed E-state index contributed by atoms with van der Waals surface area (Å²) in [4.78, 5) is 0. The number of anilines is 2. The number of hydrogen-bond donors (Lipinski definition) is 3. The second-order valence-corrected chi connectivity index (χ2v) is 4.02. The van der Waals surface area contributed by atoms with Crippen molar-refractivity contribution >= 4 is 11.4 Å². The summed E-state index contributed by atoms with van der Waals surface area (Å²) in [6.45, 7) is 5.24. The van der Waals surface area contributed by atoms with E-state index in [-0.39, 0.29) is 6.61 Å². The van der Waals surface area contributed by atoms with Gasteiger partial charge in [0, 0.05) is 24.5 Å². The van der Waals surface area contributed by atoms with Gasteiger partial charge in [-0.05, 0) is 37.0 Å². The first-order chi connectivity index (χ1) is 7.15. The molecule has 1 atom stereocenters. The van der Waals surface area contributed by atoms with Gasteiger partial charge in [-0.25, -0.2) is 0 Å². The van der Waals surface area contributed by atoms with Gasteiger partial charge in [-0.1, -0.05) is 13.0 Å². The van der Waals surface area contributed by atoms with Gasteiger partial charge in [-0.3, -0.25) is 0 Å². The van der Waals surface area contributed by atoms with E-state index < -0.39 is 0 Å². The van der Waals surface area contributed by atoms with E-state index in [2.05, 4.69) is 12.2 Å². The summed E-state index contributed by atoms with van der Waals surface area (Å²) in [7, 11) is 0. The zero-order valence-electron chi connectivity index (χ0n) is 9.46. The molecule has 15 heavy (non-hydrogen) atoms. The quantitative estimate of drug-likeness (QED) is 0.649. The molecule has 0 amide bonds. The Morgan fingerprint density at radius 2 is 2.20 bits per heavy atom. The number of hydrogen-bond acceptors (Lipinski definition) is 3. The normalized spacial score (nSPS) is 12.5. The van der Waals surface area contributed by atoms with Crippen LogP contribution in [-0.2, 0) is 0 Å². The molecule has 1 unspecified atom stereocenters. The van der Waals surface area contributed by atoms with Crippen molar-refractivity contribution in [1.82, 2.24) is 0 Å². The van der Waals surface area contributed by atoms with Gasteiger partial charge in [0.15, 0.2) is 0 Å². The Kier molecular flexibility index (Phi) is 4.43. The Balaban J connectivity index is 2.54. The lowest BCUT2D eigenvalue weighted by molar-refractivity contribution is 0.266. The van der Waals surface area contributed by atoms with Crippen molar-refractivity contribution in [3.05, 3.63) is 23.8 Å². The molecule has 0 saturated heterocycles. The average molecular weight is 208 g/mol. The fraction of sp³-hybridized carbons (Fsp3) is 0.500. The Hall–Kier alpha value is -1.22. The molecule has 1 aromatic rings. The van der Waals surface area contributed by atoms with Gasteiger partial charge < -0.3 is 16.2 Å². The van der Waals surface area contributed by atoms with Crippen molar-refractivity contribution in [2.24, 2.45) is 5.92 Å². The van der Waals surface area contributed by atoms with Crippen LogP contribution in [0, 0.1) is 12.8 Å². The molecule has 84 valence electrons. The average Bonchev–Trinajstić information content (AvgIpc) is 2.21. The lowest BCUT2D eigenvalue weighted by atomic mass is 10.1. The fourth-order valence-electron chi connectivity index (χ4n) is 1.45. The van der Waals surface area contributed by atoms with Crippen LogP contribution in [0.2, 0.25) is 0 Å². The molecule has 0 spiro atoms. The minimum absolute atomic E-state index is 0.249. The van der Waals surface area contributed by atoms with E-state index in [1.54, 1.807) is 0 Å². The summed E-state index contributed by atoms with van der Waals surface area (Å²) in [5.74, 6) is 0.468. The van der Waals surface area contributed by atoms with E-state index in [1.807, 2.05) is 25.1 Å². The number of nitrogens with two attached hydrogens (primary N) is 1. The summed E-state index contributed by atoms with van der Waals surface area (Å²) in [5, 5.41) is 12.1. The monoisotopic (exact) mass is 208 g/mol. The number of rotatable bonds is 5. The predicted molar refractivity (Wildman–Crippen MR) is 64.9 cm³/mol. The van der Waals surface area contributed by atoms with Crippen molar-refractivity contribution < 1.29 is 5.11 Å². The first kappa shape index (κ1) is 11.9. The molecule has 0 heterocycles. The molecule has 4 N–H and O–H groups in total. The smallest absolute Gasteiger partial charge is 0.0434 e. The third-order valence-corrected chi connectivity index (χ3v) is 2.64. The highest BCUT2D eigenvalue weighted by atomic mass is 16.3. The molecule has 0 saturated carbocycles. The summed E-state index contributed by atoms with van der Waals surface area (Å²) >= 11 is 0. The van der Waals surface area contributed by atoms with Crippen LogP contribution in [0.25, 0.3) is 0 Å². The van der Waals surface area contributed by atoms with Crippen molar-refractivity contribution in [3.8, 4) is 0 Å². The Labute approximate surface area is 91.3 Å². The SMILES string of the molecule is Cc1c(N)cccc1NCC(C)CCO. The summed E-state index contributed by atoms with van der Waals surface area (Å²) in [6, 6.07) is 5.87. The summed E-state index contributed by atoms with van der Waals surface area (Å²) < 4.78 is 0. The standard InChI is InChI=1S/C12H20N2O/c1-9(6-7-15)8-14-12-5-3-4-11(13)10(12)2/h3-5,9,14-15H,6-8,13H2,1-2H3. The van der Waals surface area contributed by atoms with Gasteiger partial charge in [0.05, 0.1) is 0 Å². The summed E-state index contributed by atoms with van der Waals surface area (Å²) in [5.41, 5.74) is 8.79. The topological polar surface area (TPSA) is 58.3 Å². The van der Waals surface area contributed by atoms with E-state index in [9.17, 15) is 0 Å². The lowest BCUT2D eigenvalue weighted by Gasteiger charge is -2.14. The molecule has 3 nitrogen and oxygen atoms in total. The number of benzene rings is 1. The second kappa shape index (κ2) is 5.61. The zero-order chi connectivity index (χ0) is 11.3. The maximum atomic E-state index is 8.78. The van der Waals surface area contributed by atoms with Crippen LogP contribution in [0.5, 0.6) is 0 Å². The van der Waals surface area contributed by atoms with Crippen molar-refractivity contribution in [2.45, 2.75) is 20.3 Å². The van der Waals surface area contributed by atoms with Crippen LogP contribution in [-0.4, -0.2) is 18.3 Å². The van der Waals surface area contributed by atoms with Gasteiger partial charge in [0.1, 0.15) is 0 Å². The molecule has 1 aromatic carbocycles. The Morgan fingerprint density at radius 3 is 2.87 bits per heavy atom. The molecule has 0 aromatic heterocycles. The summed E-state index contributed by atoms with van der Waals surface area (Å²) in [6.07, 6.45) is 0.828. The van der Waals surface area contributed by atoms with Crippen LogP contribution in [0.1, 0.15) is 18.9 Å². The maximum Gasteiger partial charge on any atom is 0.0434 e. The van der Waals surface area contributed by atoms with Crippen LogP contribution in [0.15, 0.2) is 18.2 Å². The van der Waals surface area contributed by atoms with Crippen LogP contribution in [0.3, 0.4) is 0 Å². The molecule has 1 rings (SSSR count). The van der Waals surface area contributed by atoms with E-state index >= 15 is 0 Å². The first-order valence-corrected chi connectivity index (χ1v) is 5.35. The van der Waals surface area contributed by atoms with Crippen LogP contribution in [0.4, 0.5) is 11.4 Å². The zero-order valence-corrected chi connectivity index (χ0v) is 9.46. The van der Waals surface area contributed by atoms with E-state index in [1.165, 1.54) is 0 Å². The third kappa shape index (κ3) is 3.44. The van der Waals surface area contributed by atoms with E-state index in [0.717, 1.165) is 29.9 Å². The van der Waals surface area contributed by atoms with Gasteiger partial charge in [0.25, 0.3) is 0 Å². The highest BCUT2D eigenvalue weighted by molar-refractivity contribution is 5.62. The van der Waals surface area contributed by atoms with E-state index in [4.69, 9.17) is 10.8 Å². The molecule has 0 fully saturated rings. The van der Waals surface area contributed by atoms with E-state index in [0.29, 0.717) is 5.92 Å². The molecule has 0 aliphatic heterocycles. The van der Waals surface area contributed by atoms with Crippen LogP contribution >= 0.6 is 0 Å².